The topological polar surface area (TPSA) is 55.8 Å². The van der Waals surface area contributed by atoms with E-state index in [0.29, 0.717) is 44.9 Å². The average Bonchev–Trinajstić information content (AvgIpc) is 3.17. The summed E-state index contributed by atoms with van der Waals surface area (Å²) in [4.78, 5) is 12.1. The summed E-state index contributed by atoms with van der Waals surface area (Å²) in [6.45, 7) is 3.30. The van der Waals surface area contributed by atoms with E-state index < -0.39 is 41.5 Å². The van der Waals surface area contributed by atoms with Crippen LogP contribution < -0.4 is 0 Å². The number of ether oxygens (including phenoxy) is 2. The molecule has 5 fully saturated rings. The Morgan fingerprint density at radius 2 is 1.52 bits per heavy atom. The molecule has 0 saturated heterocycles. The molecule has 5 rings (SSSR count). The van der Waals surface area contributed by atoms with Gasteiger partial charge < -0.3 is 14.6 Å². The molecule has 5 saturated carbocycles. The quantitative estimate of drug-likeness (QED) is 0.308. The van der Waals surface area contributed by atoms with Crippen molar-refractivity contribution in [2.24, 2.45) is 23.2 Å². The summed E-state index contributed by atoms with van der Waals surface area (Å²) < 4.78 is 91.1. The van der Waals surface area contributed by atoms with E-state index in [0.717, 1.165) is 12.8 Å². The molecule has 0 radical (unpaired) electrons. The Hall–Kier alpha value is -1.29. The van der Waals surface area contributed by atoms with Crippen molar-refractivity contribution in [2.75, 3.05) is 6.61 Å². The molecule has 4 nitrogen and oxygen atoms in total. The Morgan fingerprint density at radius 1 is 1.00 bits per heavy atom. The summed E-state index contributed by atoms with van der Waals surface area (Å²) in [5, 5.41) is 9.69. The second-order valence-electron chi connectivity index (χ2n) is 10.7. The number of rotatable bonds is 6. The van der Waals surface area contributed by atoms with Gasteiger partial charge >= 0.3 is 18.3 Å². The molecule has 0 spiro atoms. The second-order valence-corrected chi connectivity index (χ2v) is 10.7. The first-order valence-electron chi connectivity index (χ1n) is 11.5. The van der Waals surface area contributed by atoms with Crippen LogP contribution in [-0.2, 0) is 14.3 Å². The number of halogens is 6. The minimum absolute atomic E-state index is 0.00950. The van der Waals surface area contributed by atoms with Gasteiger partial charge in [0.05, 0.1) is 12.2 Å². The van der Waals surface area contributed by atoms with Crippen LogP contribution in [0.4, 0.5) is 26.3 Å². The van der Waals surface area contributed by atoms with Gasteiger partial charge in [0.15, 0.2) is 0 Å². The van der Waals surface area contributed by atoms with Crippen molar-refractivity contribution in [1.82, 2.24) is 0 Å². The van der Waals surface area contributed by atoms with E-state index in [2.05, 4.69) is 6.58 Å². The zero-order chi connectivity index (χ0) is 24.4. The molecule has 33 heavy (non-hydrogen) atoms. The molecule has 0 aromatic carbocycles. The predicted molar refractivity (Wildman–Crippen MR) is 105 cm³/mol. The third-order valence-corrected chi connectivity index (χ3v) is 8.65. The van der Waals surface area contributed by atoms with Gasteiger partial charge in [0, 0.05) is 11.0 Å². The monoisotopic (exact) mass is 484 g/mol. The maximum atomic E-state index is 13.3. The van der Waals surface area contributed by atoms with Gasteiger partial charge in [-0.15, -0.1) is 0 Å². The first-order chi connectivity index (χ1) is 15.1. The number of esters is 1. The highest BCUT2D eigenvalue weighted by atomic mass is 19.4. The van der Waals surface area contributed by atoms with Crippen LogP contribution >= 0.6 is 0 Å². The first kappa shape index (κ1) is 24.8. The summed E-state index contributed by atoms with van der Waals surface area (Å²) in [7, 11) is 0. The lowest BCUT2D eigenvalue weighted by atomic mass is 9.44. The molecular weight excluding hydrogens is 454 g/mol. The molecule has 5 aliphatic carbocycles. The van der Waals surface area contributed by atoms with E-state index >= 15 is 0 Å². The molecular formula is C23H30F6O4. The highest BCUT2D eigenvalue weighted by Gasteiger charge is 2.72. The van der Waals surface area contributed by atoms with Crippen LogP contribution in [0.15, 0.2) is 12.2 Å². The number of aliphatic hydroxyl groups is 1. The van der Waals surface area contributed by atoms with Crippen LogP contribution in [0.2, 0.25) is 0 Å². The van der Waals surface area contributed by atoms with Gasteiger partial charge in [-0.2, -0.15) is 26.3 Å². The standard InChI is InChI=1S/C23H30F6O4/c1-13(2)18(30)33-17-15-7-14-8-16(17)11-19(9-14,10-15)20(5-3-4-6-20)32-12-21(31,22(24,25)26)23(27,28)29/h14-17,31H,1,3-12H2,2H3. The van der Waals surface area contributed by atoms with Gasteiger partial charge in [-0.3, -0.25) is 0 Å². The van der Waals surface area contributed by atoms with Gasteiger partial charge in [0.25, 0.3) is 5.60 Å². The van der Waals surface area contributed by atoms with Crippen LogP contribution in [0.1, 0.15) is 64.7 Å². The van der Waals surface area contributed by atoms with Crippen LogP contribution in [-0.4, -0.2) is 47.3 Å². The molecule has 2 unspecified atom stereocenters. The molecule has 2 atom stereocenters. The summed E-state index contributed by atoms with van der Waals surface area (Å²) in [6, 6.07) is 0. The van der Waals surface area contributed by atoms with E-state index in [-0.39, 0.29) is 29.4 Å². The van der Waals surface area contributed by atoms with E-state index in [4.69, 9.17) is 9.47 Å². The van der Waals surface area contributed by atoms with Crippen molar-refractivity contribution in [3.63, 3.8) is 0 Å². The molecule has 0 heterocycles. The smallest absolute Gasteiger partial charge is 0.428 e. The zero-order valence-corrected chi connectivity index (χ0v) is 18.5. The van der Waals surface area contributed by atoms with Crippen molar-refractivity contribution in [2.45, 2.75) is 94.4 Å². The maximum Gasteiger partial charge on any atom is 0.428 e. The SMILES string of the molecule is C=C(C)C(=O)OC1C2CC3CC1CC(C1(OCC(O)(C(F)(F)F)C(F)(F)F)CCCC1)(C3)C2. The summed E-state index contributed by atoms with van der Waals surface area (Å²) in [6.07, 6.45) is -6.74. The minimum atomic E-state index is -5.91. The molecule has 0 aromatic heterocycles. The second kappa shape index (κ2) is 7.86. The van der Waals surface area contributed by atoms with Gasteiger partial charge in [-0.25, -0.2) is 4.79 Å². The summed E-state index contributed by atoms with van der Waals surface area (Å²) >= 11 is 0. The Morgan fingerprint density at radius 3 is 1.97 bits per heavy atom. The van der Waals surface area contributed by atoms with Crippen LogP contribution in [0, 0.1) is 23.2 Å². The number of carbonyl (C=O) groups is 1. The lowest BCUT2D eigenvalue weighted by Gasteiger charge is -2.64. The molecule has 4 bridgehead atoms. The van der Waals surface area contributed by atoms with Gasteiger partial charge in [0.2, 0.25) is 0 Å². The molecule has 10 heteroatoms. The van der Waals surface area contributed by atoms with Gasteiger partial charge in [-0.1, -0.05) is 19.4 Å². The largest absolute Gasteiger partial charge is 0.458 e. The molecule has 1 N–H and O–H groups in total. The van der Waals surface area contributed by atoms with Crippen molar-refractivity contribution >= 4 is 5.97 Å². The summed E-state index contributed by atoms with van der Waals surface area (Å²) in [5.74, 6) is -0.226. The normalized spacial score (nSPS) is 35.6. The maximum absolute atomic E-state index is 13.3. The van der Waals surface area contributed by atoms with Crippen LogP contribution in [0.25, 0.3) is 0 Å². The Labute approximate surface area is 188 Å². The Bertz CT molecular complexity index is 768. The van der Waals surface area contributed by atoms with Crippen molar-refractivity contribution in [3.05, 3.63) is 12.2 Å². The highest BCUT2D eigenvalue weighted by Crippen LogP contribution is 2.68. The van der Waals surface area contributed by atoms with E-state index in [1.807, 2.05) is 0 Å². The fourth-order valence-corrected chi connectivity index (χ4v) is 7.29. The average molecular weight is 484 g/mol. The number of carbonyl (C=O) groups excluding carboxylic acids is 1. The minimum Gasteiger partial charge on any atom is -0.458 e. The van der Waals surface area contributed by atoms with E-state index in [1.165, 1.54) is 0 Å². The Kier molecular flexibility index (Phi) is 5.92. The van der Waals surface area contributed by atoms with Crippen molar-refractivity contribution in [3.8, 4) is 0 Å². The lowest BCUT2D eigenvalue weighted by molar-refractivity contribution is -0.387. The van der Waals surface area contributed by atoms with Gasteiger partial charge in [0.1, 0.15) is 6.10 Å². The highest BCUT2D eigenvalue weighted by molar-refractivity contribution is 5.87. The third kappa shape index (κ3) is 3.89. The molecule has 5 aliphatic rings. The summed E-state index contributed by atoms with van der Waals surface area (Å²) in [5.41, 5.74) is -6.37. The molecule has 188 valence electrons. The van der Waals surface area contributed by atoms with Crippen molar-refractivity contribution < 1.29 is 45.7 Å². The van der Waals surface area contributed by atoms with E-state index in [1.54, 1.807) is 6.92 Å². The Balaban J connectivity index is 1.60. The number of alkyl halides is 6. The third-order valence-electron chi connectivity index (χ3n) is 8.65. The van der Waals surface area contributed by atoms with Crippen LogP contribution in [0.3, 0.4) is 0 Å². The number of hydrogen-bond acceptors (Lipinski definition) is 4. The predicted octanol–water partition coefficient (Wildman–Crippen LogP) is 5.49. The van der Waals surface area contributed by atoms with Crippen molar-refractivity contribution in [1.29, 1.82) is 0 Å². The molecule has 0 aromatic rings. The number of hydrogen-bond donors (Lipinski definition) is 1. The zero-order valence-electron chi connectivity index (χ0n) is 18.5. The lowest BCUT2D eigenvalue weighted by Crippen LogP contribution is -2.65. The fraction of sp³-hybridized carbons (Fsp3) is 0.870. The van der Waals surface area contributed by atoms with E-state index in [9.17, 15) is 36.2 Å². The molecule has 0 aliphatic heterocycles. The van der Waals surface area contributed by atoms with Gasteiger partial charge in [-0.05, 0) is 69.6 Å². The first-order valence-corrected chi connectivity index (χ1v) is 11.5. The van der Waals surface area contributed by atoms with Crippen LogP contribution in [0.5, 0.6) is 0 Å². The molecule has 0 amide bonds. The fourth-order valence-electron chi connectivity index (χ4n) is 7.29.